The first-order valence-electron chi connectivity index (χ1n) is 17.3. The fraction of sp³-hybridized carbons (Fsp3) is 0.349. The topological polar surface area (TPSA) is 11.0 Å². The van der Waals surface area contributed by atoms with Crippen LogP contribution in [0.2, 0.25) is 0 Å². The third-order valence-corrected chi connectivity index (χ3v) is 11.2. The minimum atomic E-state index is -0.187. The highest BCUT2D eigenvalue weighted by molar-refractivity contribution is 6.04. The first-order chi connectivity index (χ1) is 22.2. The molecule has 3 aromatic carbocycles. The molecule has 1 aliphatic carbocycles. The van der Waals surface area contributed by atoms with Crippen LogP contribution in [0.3, 0.4) is 0 Å². The van der Waals surface area contributed by atoms with Crippen LogP contribution in [0.15, 0.2) is 91.3 Å². The summed E-state index contributed by atoms with van der Waals surface area (Å²) in [7, 11) is 4.24. The van der Waals surface area contributed by atoms with E-state index in [0.29, 0.717) is 0 Å². The molecule has 0 spiro atoms. The molecular weight excluding hydrogens is 558 g/mol. The highest BCUT2D eigenvalue weighted by atomic mass is 15.1. The molecule has 0 atom stereocenters. The van der Waals surface area contributed by atoms with Crippen LogP contribution in [0.5, 0.6) is 0 Å². The van der Waals surface area contributed by atoms with Crippen LogP contribution in [0, 0.1) is 6.92 Å². The zero-order valence-corrected chi connectivity index (χ0v) is 29.0. The maximum atomic E-state index is 2.66. The first kappa shape index (κ1) is 30.4. The molecule has 0 unspecified atom stereocenters. The predicted molar refractivity (Wildman–Crippen MR) is 193 cm³/mol. The third kappa shape index (κ3) is 4.38. The van der Waals surface area contributed by atoms with Gasteiger partial charge in [0.1, 0.15) is 0 Å². The van der Waals surface area contributed by atoms with Gasteiger partial charge in [-0.3, -0.25) is 0 Å². The van der Waals surface area contributed by atoms with Crippen molar-refractivity contribution in [2.75, 3.05) is 19.0 Å². The van der Waals surface area contributed by atoms with Crippen molar-refractivity contribution in [1.82, 2.24) is 0 Å². The van der Waals surface area contributed by atoms with Gasteiger partial charge in [0, 0.05) is 56.2 Å². The molecule has 3 nitrogen and oxygen atoms in total. The zero-order valence-electron chi connectivity index (χ0n) is 29.0. The average Bonchev–Trinajstić information content (AvgIpc) is 3.19. The van der Waals surface area contributed by atoms with Crippen molar-refractivity contribution < 1.29 is 9.13 Å². The normalized spacial score (nSPS) is 15.4. The molecule has 2 aliphatic rings. The molecule has 0 amide bonds. The van der Waals surface area contributed by atoms with Gasteiger partial charge in [-0.2, -0.15) is 9.13 Å². The van der Waals surface area contributed by atoms with Gasteiger partial charge >= 0.3 is 0 Å². The van der Waals surface area contributed by atoms with E-state index in [0.717, 1.165) is 19.3 Å². The number of aromatic nitrogens is 2. The van der Waals surface area contributed by atoms with Crippen molar-refractivity contribution in [3.63, 3.8) is 0 Å². The Balaban J connectivity index is 1.61. The number of allylic oxidation sites excluding steroid dienone is 1. The van der Waals surface area contributed by atoms with Crippen LogP contribution in [0.1, 0.15) is 88.1 Å². The Labute approximate surface area is 275 Å². The van der Waals surface area contributed by atoms with Gasteiger partial charge in [-0.1, -0.05) is 71.4 Å². The van der Waals surface area contributed by atoms with Crippen LogP contribution in [-0.2, 0) is 17.4 Å². The molecule has 3 heteroatoms. The molecule has 0 saturated carbocycles. The third-order valence-electron chi connectivity index (χ3n) is 11.2. The first-order valence-corrected chi connectivity index (χ1v) is 17.3. The Morgan fingerprint density at radius 1 is 0.783 bits per heavy atom. The monoisotopic (exact) mass is 607 g/mol. The number of hydrogen-bond acceptors (Lipinski definition) is 1. The number of benzene rings is 3. The molecule has 0 radical (unpaired) electrons. The number of hydrogen-bond donors (Lipinski definition) is 0. The van der Waals surface area contributed by atoms with Gasteiger partial charge in [0.25, 0.3) is 0 Å². The van der Waals surface area contributed by atoms with Crippen LogP contribution in [-0.4, -0.2) is 14.1 Å². The Hall–Kier alpha value is -4.24. The summed E-state index contributed by atoms with van der Waals surface area (Å²) in [6.07, 6.45) is 12.9. The van der Waals surface area contributed by atoms with E-state index >= 15 is 0 Å². The van der Waals surface area contributed by atoms with Crippen molar-refractivity contribution in [1.29, 1.82) is 0 Å². The second kappa shape index (κ2) is 11.2. The number of unbranched alkanes of at least 4 members (excludes halogenated alkanes) is 1. The van der Waals surface area contributed by atoms with Gasteiger partial charge < -0.3 is 4.90 Å². The van der Waals surface area contributed by atoms with Crippen molar-refractivity contribution in [2.24, 2.45) is 0 Å². The molecule has 46 heavy (non-hydrogen) atoms. The lowest BCUT2D eigenvalue weighted by Gasteiger charge is -2.35. The Bertz CT molecular complexity index is 2020. The molecule has 0 bridgehead atoms. The summed E-state index contributed by atoms with van der Waals surface area (Å²) < 4.78 is 5.13. The van der Waals surface area contributed by atoms with E-state index < -0.39 is 0 Å². The second-order valence-corrected chi connectivity index (χ2v) is 14.2. The van der Waals surface area contributed by atoms with Crippen molar-refractivity contribution >= 4 is 22.2 Å². The van der Waals surface area contributed by atoms with E-state index in [2.05, 4.69) is 161 Å². The summed E-state index contributed by atoms with van der Waals surface area (Å²) in [5.41, 5.74) is 14.4. The summed E-state index contributed by atoms with van der Waals surface area (Å²) in [6, 6.07) is 27.9. The van der Waals surface area contributed by atoms with E-state index in [1.165, 1.54) is 85.3 Å². The lowest BCUT2D eigenvalue weighted by Crippen LogP contribution is -2.56. The van der Waals surface area contributed by atoms with Gasteiger partial charge in [-0.05, 0) is 71.7 Å². The predicted octanol–water partition coefficient (Wildman–Crippen LogP) is 9.52. The molecule has 0 N–H and O–H groups in total. The Kier molecular flexibility index (Phi) is 7.42. The van der Waals surface area contributed by atoms with Crippen molar-refractivity contribution in [2.45, 2.75) is 84.6 Å². The minimum Gasteiger partial charge on any atom is -0.378 e. The summed E-state index contributed by atoms with van der Waals surface area (Å²) in [6.45, 7) is 14.1. The maximum absolute atomic E-state index is 2.66. The molecule has 7 rings (SSSR count). The van der Waals surface area contributed by atoms with E-state index in [-0.39, 0.29) is 11.0 Å². The van der Waals surface area contributed by atoms with E-state index in [1.54, 1.807) is 0 Å². The van der Waals surface area contributed by atoms with E-state index in [4.69, 9.17) is 0 Å². The molecule has 234 valence electrons. The largest absolute Gasteiger partial charge is 0.378 e. The number of aryl methyl sites for hydroxylation is 2. The maximum Gasteiger partial charge on any atom is 0.222 e. The quantitative estimate of drug-likeness (QED) is 0.160. The number of nitrogens with zero attached hydrogens (tertiary/aromatic N) is 3. The van der Waals surface area contributed by atoms with Crippen LogP contribution < -0.4 is 14.0 Å². The number of rotatable bonds is 8. The smallest absolute Gasteiger partial charge is 0.222 e. The molecule has 0 saturated heterocycles. The van der Waals surface area contributed by atoms with Crippen molar-refractivity contribution in [3.8, 4) is 22.5 Å². The van der Waals surface area contributed by atoms with Gasteiger partial charge in [0.05, 0.1) is 28.2 Å². The Morgan fingerprint density at radius 2 is 1.59 bits per heavy atom. The van der Waals surface area contributed by atoms with Crippen LogP contribution in [0.4, 0.5) is 5.69 Å². The summed E-state index contributed by atoms with van der Waals surface area (Å²) >= 11 is 0. The van der Waals surface area contributed by atoms with Crippen molar-refractivity contribution in [3.05, 3.63) is 119 Å². The van der Waals surface area contributed by atoms with Crippen LogP contribution in [0.25, 0.3) is 39.0 Å². The lowest BCUT2D eigenvalue weighted by atomic mass is 9.68. The summed E-state index contributed by atoms with van der Waals surface area (Å²) in [4.78, 5) is 2.20. The highest BCUT2D eigenvalue weighted by Crippen LogP contribution is 2.52. The average molecular weight is 608 g/mol. The fourth-order valence-electron chi connectivity index (χ4n) is 8.29. The molecule has 5 aromatic rings. The zero-order chi connectivity index (χ0) is 32.4. The van der Waals surface area contributed by atoms with Gasteiger partial charge in [0.15, 0.2) is 17.9 Å². The molecule has 2 aromatic heterocycles. The fourth-order valence-corrected chi connectivity index (χ4v) is 8.29. The summed E-state index contributed by atoms with van der Waals surface area (Å²) in [5.74, 6) is 0. The van der Waals surface area contributed by atoms with Gasteiger partial charge in [-0.15, -0.1) is 0 Å². The highest BCUT2D eigenvalue weighted by Gasteiger charge is 2.49. The summed E-state index contributed by atoms with van der Waals surface area (Å²) in [5, 5.41) is 2.88. The Morgan fingerprint density at radius 3 is 2.33 bits per heavy atom. The molecular formula is C43H49N3+2. The number of anilines is 1. The van der Waals surface area contributed by atoms with Gasteiger partial charge in [-0.25, -0.2) is 0 Å². The molecule has 0 fully saturated rings. The SMILES string of the molecule is CCCCc1ccc2c3c4[n+](ccc13)C(CC)(CC)C=C([n+]1ccccc1-c1cc(N(C)C)ccc1C)c1cccc(c1-4)C2(C)C. The number of pyridine rings is 2. The lowest BCUT2D eigenvalue weighted by molar-refractivity contribution is -0.743. The second-order valence-electron chi connectivity index (χ2n) is 14.2. The van der Waals surface area contributed by atoms with Crippen LogP contribution >= 0.6 is 0 Å². The minimum absolute atomic E-state index is 0.129. The standard InChI is InChI=1S/C43H49N3/c1-9-12-16-30-21-23-36-39-32(30)24-26-46-41(39)40-33(17-15-18-35(40)42(36,5)6)38(28-43(46,10-2)11-3)45-25-14-13-19-37(45)34-27-31(44(7)8)22-20-29(34)4/h13-15,17-28H,9-12,16H2,1-8H3/q+2. The molecule has 1 aliphatic heterocycles. The van der Waals surface area contributed by atoms with E-state index in [1.807, 2.05) is 0 Å². The van der Waals surface area contributed by atoms with E-state index in [9.17, 15) is 0 Å². The van der Waals surface area contributed by atoms with Gasteiger partial charge in [0.2, 0.25) is 17.1 Å². The molecule has 3 heterocycles.